The highest BCUT2D eigenvalue weighted by Crippen LogP contribution is 2.53. The maximum atomic E-state index is 12.2. The Hall–Kier alpha value is -3.14. The van der Waals surface area contributed by atoms with Crippen LogP contribution in [0.2, 0.25) is 0 Å². The Morgan fingerprint density at radius 3 is 1.24 bits per heavy atom. The summed E-state index contributed by atoms with van der Waals surface area (Å²) < 4.78 is 32.7. The van der Waals surface area contributed by atoms with Crippen molar-refractivity contribution in [2.45, 2.75) is 0 Å². The summed E-state index contributed by atoms with van der Waals surface area (Å²) in [7, 11) is -10.1. The molecular formula is C20H18O11P2. The summed E-state index contributed by atoms with van der Waals surface area (Å²) in [6.45, 7) is 0. The molecule has 3 aromatic carbocycles. The maximum absolute atomic E-state index is 12.2. The summed E-state index contributed by atoms with van der Waals surface area (Å²) in [5, 5.41) is 0. The van der Waals surface area contributed by atoms with Crippen molar-refractivity contribution in [3.05, 3.63) is 96.1 Å². The lowest BCUT2D eigenvalue weighted by Crippen LogP contribution is -2.12. The summed E-state index contributed by atoms with van der Waals surface area (Å²) in [6, 6.07) is 23.7. The van der Waals surface area contributed by atoms with E-state index in [2.05, 4.69) is 4.31 Å². The summed E-state index contributed by atoms with van der Waals surface area (Å²) in [6.07, 6.45) is 0. The van der Waals surface area contributed by atoms with E-state index in [9.17, 15) is 18.7 Å². The van der Waals surface area contributed by atoms with Crippen LogP contribution in [0.25, 0.3) is 0 Å². The van der Waals surface area contributed by atoms with Crippen LogP contribution >= 0.6 is 15.6 Å². The smallest absolute Gasteiger partial charge is 0.423 e. The van der Waals surface area contributed by atoms with Crippen LogP contribution in [-0.4, -0.2) is 31.5 Å². The van der Waals surface area contributed by atoms with Crippen molar-refractivity contribution in [3.8, 4) is 11.5 Å². The highest BCUT2D eigenvalue weighted by molar-refractivity contribution is 7.60. The van der Waals surface area contributed by atoms with Crippen LogP contribution in [0.5, 0.6) is 11.5 Å². The summed E-state index contributed by atoms with van der Waals surface area (Å²) in [5.74, 6) is -0.175. The van der Waals surface area contributed by atoms with E-state index in [4.69, 9.17) is 29.0 Å². The molecule has 0 spiro atoms. The van der Waals surface area contributed by atoms with Crippen molar-refractivity contribution >= 4 is 27.6 Å². The molecule has 0 heterocycles. The first-order valence-electron chi connectivity index (χ1n) is 8.90. The van der Waals surface area contributed by atoms with Gasteiger partial charge in [-0.3, -0.25) is 0 Å². The number of carbonyl (C=O) groups excluding carboxylic acids is 2. The van der Waals surface area contributed by atoms with Crippen LogP contribution in [0, 0.1) is 0 Å². The highest BCUT2D eigenvalue weighted by atomic mass is 31.3. The monoisotopic (exact) mass is 496 g/mol. The van der Waals surface area contributed by atoms with Crippen molar-refractivity contribution in [2.24, 2.45) is 0 Å². The number of phosphoric acid groups is 2. The normalized spacial score (nSPS) is 11.0. The van der Waals surface area contributed by atoms with Gasteiger partial charge in [0.25, 0.3) is 0 Å². The van der Waals surface area contributed by atoms with Gasteiger partial charge in [0.05, 0.1) is 11.1 Å². The summed E-state index contributed by atoms with van der Waals surface area (Å²) in [5.41, 5.74) is 0.558. The van der Waals surface area contributed by atoms with Crippen molar-refractivity contribution in [2.75, 3.05) is 0 Å². The number of para-hydroxylation sites is 2. The molecule has 4 N–H and O–H groups in total. The third-order valence-electron chi connectivity index (χ3n) is 3.45. The van der Waals surface area contributed by atoms with E-state index in [-0.39, 0.29) is 11.1 Å². The first-order valence-corrected chi connectivity index (χ1v) is 12.0. The SMILES string of the molecule is O=C(Oc1ccccc1)c1cccc(C(=O)Oc2ccccc2)c1.O=P(O)(O)OP(=O)(O)O. The lowest BCUT2D eigenvalue weighted by Gasteiger charge is -2.07. The second kappa shape index (κ2) is 11.6. The fourth-order valence-electron chi connectivity index (χ4n) is 2.22. The molecule has 0 unspecified atom stereocenters. The lowest BCUT2D eigenvalue weighted by atomic mass is 10.1. The molecule has 0 aliphatic heterocycles. The second-order valence-corrected chi connectivity index (χ2v) is 8.66. The van der Waals surface area contributed by atoms with E-state index < -0.39 is 27.6 Å². The number of ether oxygens (including phenoxy) is 2. The van der Waals surface area contributed by atoms with Crippen LogP contribution in [0.4, 0.5) is 0 Å². The largest absolute Gasteiger partial charge is 0.478 e. The van der Waals surface area contributed by atoms with Gasteiger partial charge in [0, 0.05) is 0 Å². The van der Waals surface area contributed by atoms with Gasteiger partial charge in [-0.1, -0.05) is 42.5 Å². The minimum absolute atomic E-state index is 0.279. The van der Waals surface area contributed by atoms with E-state index in [1.807, 2.05) is 12.1 Å². The number of carbonyl (C=O) groups is 2. The number of esters is 2. The molecule has 0 atom stereocenters. The van der Waals surface area contributed by atoms with Crippen molar-refractivity contribution in [3.63, 3.8) is 0 Å². The van der Waals surface area contributed by atoms with E-state index in [0.717, 1.165) is 0 Å². The molecule has 0 saturated carbocycles. The molecule has 0 aliphatic carbocycles. The molecule has 0 radical (unpaired) electrons. The van der Waals surface area contributed by atoms with Crippen molar-refractivity contribution in [1.29, 1.82) is 0 Å². The Morgan fingerprint density at radius 1 is 0.576 bits per heavy atom. The van der Waals surface area contributed by atoms with Gasteiger partial charge in [0.1, 0.15) is 11.5 Å². The average Bonchev–Trinajstić information content (AvgIpc) is 2.73. The first kappa shape index (κ1) is 26.1. The van der Waals surface area contributed by atoms with Gasteiger partial charge >= 0.3 is 27.6 Å². The predicted molar refractivity (Wildman–Crippen MR) is 114 cm³/mol. The molecule has 3 aromatic rings. The van der Waals surface area contributed by atoms with Gasteiger partial charge in [-0.25, -0.2) is 18.7 Å². The Balaban J connectivity index is 0.000000365. The van der Waals surface area contributed by atoms with Crippen LogP contribution < -0.4 is 9.47 Å². The zero-order valence-corrected chi connectivity index (χ0v) is 18.4. The summed E-state index contributed by atoms with van der Waals surface area (Å²) >= 11 is 0. The van der Waals surface area contributed by atoms with E-state index in [0.29, 0.717) is 11.5 Å². The molecule has 33 heavy (non-hydrogen) atoms. The second-order valence-electron chi connectivity index (χ2n) is 6.05. The van der Waals surface area contributed by atoms with Gasteiger partial charge in [0.15, 0.2) is 0 Å². The average molecular weight is 496 g/mol. The van der Waals surface area contributed by atoms with Crippen LogP contribution in [0.3, 0.4) is 0 Å². The topological polar surface area (TPSA) is 177 Å². The zero-order valence-electron chi connectivity index (χ0n) is 16.6. The molecule has 0 aromatic heterocycles. The van der Waals surface area contributed by atoms with Crippen molar-refractivity contribution in [1.82, 2.24) is 0 Å². The van der Waals surface area contributed by atoms with Gasteiger partial charge in [-0.05, 0) is 42.5 Å². The Bertz CT molecular complexity index is 1080. The predicted octanol–water partition coefficient (Wildman–Crippen LogP) is 3.31. The van der Waals surface area contributed by atoms with E-state index in [1.54, 1.807) is 66.7 Å². The molecule has 3 rings (SSSR count). The molecule has 0 bridgehead atoms. The standard InChI is InChI=1S/C20H14O4.H4O7P2/c21-19(23-17-10-3-1-4-11-17)15-8-7-9-16(14-15)20(22)24-18-12-5-2-6-13-18;1-8(2,3)7-9(4,5)6/h1-14H;(H2,1,2,3)(H2,4,5,6). The summed E-state index contributed by atoms with van der Waals surface area (Å²) in [4.78, 5) is 55.3. The zero-order chi connectivity index (χ0) is 24.5. The van der Waals surface area contributed by atoms with Gasteiger partial charge in [-0.2, -0.15) is 4.31 Å². The lowest BCUT2D eigenvalue weighted by molar-refractivity contribution is 0.0734. The molecule has 0 aliphatic rings. The van der Waals surface area contributed by atoms with Crippen molar-refractivity contribution < 1.29 is 52.1 Å². The van der Waals surface area contributed by atoms with Crippen LogP contribution in [-0.2, 0) is 13.4 Å². The molecule has 13 heteroatoms. The third kappa shape index (κ3) is 10.3. The molecule has 0 amide bonds. The minimum atomic E-state index is -5.05. The Labute approximate surface area is 187 Å². The quantitative estimate of drug-likeness (QED) is 0.224. The highest BCUT2D eigenvalue weighted by Gasteiger charge is 2.28. The number of benzene rings is 3. The van der Waals surface area contributed by atoms with E-state index in [1.165, 1.54) is 6.07 Å². The fourth-order valence-corrected chi connectivity index (χ4v) is 3.33. The molecular weight excluding hydrogens is 478 g/mol. The van der Waals surface area contributed by atoms with Gasteiger partial charge in [0.2, 0.25) is 0 Å². The van der Waals surface area contributed by atoms with Gasteiger partial charge < -0.3 is 29.0 Å². The van der Waals surface area contributed by atoms with Crippen LogP contribution in [0.1, 0.15) is 20.7 Å². The van der Waals surface area contributed by atoms with Crippen LogP contribution in [0.15, 0.2) is 84.9 Å². The number of rotatable bonds is 6. The minimum Gasteiger partial charge on any atom is -0.423 e. The maximum Gasteiger partial charge on any atom is 0.478 e. The fraction of sp³-hybridized carbons (Fsp3) is 0. The molecule has 174 valence electrons. The van der Waals surface area contributed by atoms with E-state index >= 15 is 0 Å². The molecule has 0 saturated heterocycles. The third-order valence-corrected chi connectivity index (χ3v) is 5.16. The number of hydrogen-bond acceptors (Lipinski definition) is 7. The molecule has 0 fully saturated rings. The first-order chi connectivity index (χ1) is 15.4. The Morgan fingerprint density at radius 2 is 0.939 bits per heavy atom. The van der Waals surface area contributed by atoms with Gasteiger partial charge in [-0.15, -0.1) is 0 Å². The molecule has 11 nitrogen and oxygen atoms in total. The number of hydrogen-bond donors (Lipinski definition) is 4. The Kier molecular flexibility index (Phi) is 9.22.